The van der Waals surface area contributed by atoms with Crippen molar-refractivity contribution in [1.82, 2.24) is 0 Å². The standard InChI is InChI=1S/C12H13F3O2S/c13-12(14,15)18-6-5-17-9-2-3-10-8(7-9)1-4-11(10)16/h2-3,7,11,16H,1,4-6H2/t11-/m0/s1. The van der Waals surface area contributed by atoms with Crippen molar-refractivity contribution in [2.75, 3.05) is 12.4 Å². The van der Waals surface area contributed by atoms with Crippen molar-refractivity contribution >= 4 is 11.8 Å². The van der Waals surface area contributed by atoms with Gasteiger partial charge in [-0.15, -0.1) is 0 Å². The second-order valence-corrected chi connectivity index (χ2v) is 5.22. The molecule has 0 amide bonds. The quantitative estimate of drug-likeness (QED) is 0.857. The number of alkyl halides is 3. The van der Waals surface area contributed by atoms with Crippen molar-refractivity contribution in [3.63, 3.8) is 0 Å². The summed E-state index contributed by atoms with van der Waals surface area (Å²) in [7, 11) is 0. The topological polar surface area (TPSA) is 29.5 Å². The van der Waals surface area contributed by atoms with Crippen molar-refractivity contribution in [2.24, 2.45) is 0 Å². The fourth-order valence-electron chi connectivity index (χ4n) is 1.98. The fraction of sp³-hybridized carbons (Fsp3) is 0.500. The molecule has 1 aromatic carbocycles. The van der Waals surface area contributed by atoms with E-state index < -0.39 is 11.6 Å². The highest BCUT2D eigenvalue weighted by Gasteiger charge is 2.27. The zero-order chi connectivity index (χ0) is 13.2. The molecule has 1 aliphatic rings. The van der Waals surface area contributed by atoms with E-state index in [-0.39, 0.29) is 24.1 Å². The van der Waals surface area contributed by atoms with Gasteiger partial charge in [-0.3, -0.25) is 0 Å². The third-order valence-corrected chi connectivity index (χ3v) is 3.48. The lowest BCUT2D eigenvalue weighted by Gasteiger charge is -2.09. The summed E-state index contributed by atoms with van der Waals surface area (Å²) in [6, 6.07) is 5.26. The van der Waals surface area contributed by atoms with E-state index in [1.54, 1.807) is 18.2 Å². The Labute approximate surface area is 107 Å². The number of ether oxygens (including phenoxy) is 1. The maximum absolute atomic E-state index is 11.9. The van der Waals surface area contributed by atoms with Gasteiger partial charge in [0.1, 0.15) is 5.75 Å². The van der Waals surface area contributed by atoms with E-state index in [4.69, 9.17) is 4.74 Å². The van der Waals surface area contributed by atoms with Crippen molar-refractivity contribution in [3.05, 3.63) is 29.3 Å². The van der Waals surface area contributed by atoms with Crippen LogP contribution in [0.2, 0.25) is 0 Å². The minimum Gasteiger partial charge on any atom is -0.493 e. The first-order valence-corrected chi connectivity index (χ1v) is 6.58. The van der Waals surface area contributed by atoms with Crippen molar-refractivity contribution in [3.8, 4) is 5.75 Å². The minimum atomic E-state index is -4.20. The predicted octanol–water partition coefficient (Wildman–Crippen LogP) is 3.30. The summed E-state index contributed by atoms with van der Waals surface area (Å²) in [5.74, 6) is 0.439. The highest BCUT2D eigenvalue weighted by atomic mass is 32.2. The molecule has 1 atom stereocenters. The normalized spacial score (nSPS) is 18.8. The highest BCUT2D eigenvalue weighted by Crippen LogP contribution is 2.33. The molecule has 0 bridgehead atoms. The largest absolute Gasteiger partial charge is 0.493 e. The van der Waals surface area contributed by atoms with E-state index in [0.717, 1.165) is 17.5 Å². The van der Waals surface area contributed by atoms with Crippen LogP contribution in [0.4, 0.5) is 13.2 Å². The van der Waals surface area contributed by atoms with E-state index in [9.17, 15) is 18.3 Å². The predicted molar refractivity (Wildman–Crippen MR) is 63.7 cm³/mol. The smallest absolute Gasteiger partial charge is 0.441 e. The minimum absolute atomic E-state index is 0.0194. The third kappa shape index (κ3) is 3.55. The molecule has 100 valence electrons. The van der Waals surface area contributed by atoms with Crippen LogP contribution in [0.25, 0.3) is 0 Å². The summed E-state index contributed by atoms with van der Waals surface area (Å²) in [6.07, 6.45) is 1.06. The van der Waals surface area contributed by atoms with E-state index in [2.05, 4.69) is 0 Å². The first kappa shape index (κ1) is 13.5. The number of benzene rings is 1. The summed E-state index contributed by atoms with van der Waals surface area (Å²) in [4.78, 5) is 0. The van der Waals surface area contributed by atoms with E-state index in [1.807, 2.05) is 0 Å². The molecule has 0 heterocycles. The van der Waals surface area contributed by atoms with Crippen LogP contribution in [0.3, 0.4) is 0 Å². The van der Waals surface area contributed by atoms with Crippen LogP contribution in [-0.4, -0.2) is 23.0 Å². The number of halogens is 3. The Balaban J connectivity index is 1.84. The molecule has 0 aliphatic heterocycles. The van der Waals surface area contributed by atoms with Crippen LogP contribution < -0.4 is 4.74 Å². The van der Waals surface area contributed by atoms with Gasteiger partial charge >= 0.3 is 5.51 Å². The average molecular weight is 278 g/mol. The van der Waals surface area contributed by atoms with Crippen LogP contribution in [0.5, 0.6) is 5.75 Å². The molecule has 1 aromatic rings. The number of aliphatic hydroxyl groups excluding tert-OH is 1. The van der Waals surface area contributed by atoms with Gasteiger partial charge in [-0.1, -0.05) is 6.07 Å². The highest BCUT2D eigenvalue weighted by molar-refractivity contribution is 8.00. The Kier molecular flexibility index (Phi) is 4.07. The summed E-state index contributed by atoms with van der Waals surface area (Å²) >= 11 is -0.0863. The maximum atomic E-state index is 11.9. The second kappa shape index (κ2) is 5.40. The Hall–Kier alpha value is -0.880. The number of rotatable bonds is 4. The van der Waals surface area contributed by atoms with Gasteiger partial charge in [0.15, 0.2) is 0 Å². The Morgan fingerprint density at radius 2 is 2.17 bits per heavy atom. The van der Waals surface area contributed by atoms with Crippen LogP contribution >= 0.6 is 11.8 Å². The molecule has 6 heteroatoms. The number of aliphatic hydroxyl groups is 1. The average Bonchev–Trinajstić information content (AvgIpc) is 2.65. The van der Waals surface area contributed by atoms with Crippen LogP contribution in [0, 0.1) is 0 Å². The van der Waals surface area contributed by atoms with Crippen LogP contribution in [-0.2, 0) is 6.42 Å². The first-order valence-electron chi connectivity index (χ1n) is 5.60. The Morgan fingerprint density at radius 1 is 1.39 bits per heavy atom. The number of thioether (sulfide) groups is 1. The lowest BCUT2D eigenvalue weighted by Crippen LogP contribution is -2.07. The van der Waals surface area contributed by atoms with Gasteiger partial charge in [0.05, 0.1) is 12.7 Å². The zero-order valence-electron chi connectivity index (χ0n) is 9.54. The van der Waals surface area contributed by atoms with Gasteiger partial charge in [0.2, 0.25) is 0 Å². The van der Waals surface area contributed by atoms with Gasteiger partial charge < -0.3 is 9.84 Å². The van der Waals surface area contributed by atoms with E-state index in [1.165, 1.54) is 0 Å². The monoisotopic (exact) mass is 278 g/mol. The summed E-state index contributed by atoms with van der Waals surface area (Å²) in [5.41, 5.74) is -2.29. The van der Waals surface area contributed by atoms with Crippen molar-refractivity contribution < 1.29 is 23.0 Å². The van der Waals surface area contributed by atoms with Crippen LogP contribution in [0.15, 0.2) is 18.2 Å². The summed E-state index contributed by atoms with van der Waals surface area (Å²) in [5, 5.41) is 9.61. The summed E-state index contributed by atoms with van der Waals surface area (Å²) in [6.45, 7) is 0.0194. The molecule has 0 aromatic heterocycles. The Morgan fingerprint density at radius 3 is 2.89 bits per heavy atom. The molecule has 2 nitrogen and oxygen atoms in total. The van der Waals surface area contributed by atoms with Gasteiger partial charge in [-0.2, -0.15) is 13.2 Å². The molecule has 0 saturated carbocycles. The number of hydrogen-bond donors (Lipinski definition) is 1. The number of aryl methyl sites for hydroxylation is 1. The van der Waals surface area contributed by atoms with Gasteiger partial charge in [-0.05, 0) is 47.9 Å². The van der Waals surface area contributed by atoms with Crippen molar-refractivity contribution in [1.29, 1.82) is 0 Å². The maximum Gasteiger partial charge on any atom is 0.441 e. The SMILES string of the molecule is O[C@H]1CCc2cc(OCCSC(F)(F)F)ccc21. The molecule has 0 spiro atoms. The third-order valence-electron chi connectivity index (χ3n) is 2.78. The molecule has 0 radical (unpaired) electrons. The van der Waals surface area contributed by atoms with E-state index in [0.29, 0.717) is 12.2 Å². The van der Waals surface area contributed by atoms with Gasteiger partial charge in [0.25, 0.3) is 0 Å². The van der Waals surface area contributed by atoms with E-state index >= 15 is 0 Å². The first-order chi connectivity index (χ1) is 8.46. The molecule has 0 fully saturated rings. The molecule has 0 saturated heterocycles. The zero-order valence-corrected chi connectivity index (χ0v) is 10.4. The number of fused-ring (bicyclic) bond motifs is 1. The molecule has 2 rings (SSSR count). The Bertz CT molecular complexity index is 420. The number of hydrogen-bond acceptors (Lipinski definition) is 3. The van der Waals surface area contributed by atoms with Gasteiger partial charge in [-0.25, -0.2) is 0 Å². The molecule has 1 aliphatic carbocycles. The fourth-order valence-corrected chi connectivity index (χ4v) is 2.38. The molecular formula is C12H13F3O2S. The summed E-state index contributed by atoms with van der Waals surface area (Å²) < 4.78 is 40.9. The molecule has 18 heavy (non-hydrogen) atoms. The second-order valence-electron chi connectivity index (χ2n) is 4.06. The molecule has 1 N–H and O–H groups in total. The van der Waals surface area contributed by atoms with Crippen molar-refractivity contribution in [2.45, 2.75) is 24.5 Å². The molecule has 0 unspecified atom stereocenters. The lowest BCUT2D eigenvalue weighted by molar-refractivity contribution is -0.0329. The lowest BCUT2D eigenvalue weighted by atomic mass is 10.1. The molecular weight excluding hydrogens is 265 g/mol. The van der Waals surface area contributed by atoms with Crippen LogP contribution in [0.1, 0.15) is 23.7 Å². The van der Waals surface area contributed by atoms with Gasteiger partial charge in [0, 0.05) is 5.75 Å².